The number of benzene rings is 2. The van der Waals surface area contributed by atoms with Crippen molar-refractivity contribution in [2.24, 2.45) is 5.73 Å². The van der Waals surface area contributed by atoms with Crippen LogP contribution < -0.4 is 15.8 Å². The van der Waals surface area contributed by atoms with Crippen molar-refractivity contribution >= 4 is 41.7 Å². The maximum absolute atomic E-state index is 12.6. The number of carbonyl (C=O) groups is 1. The Bertz CT molecular complexity index is 800. The molecule has 2 aromatic carbocycles. The SMILES string of the molecule is CCOC(=O)C(Nc1ccc(C(=N)N)cc1)c1ccc(OCC)c(SC)c1.Cl. The van der Waals surface area contributed by atoms with Crippen molar-refractivity contribution < 1.29 is 14.3 Å². The van der Waals surface area contributed by atoms with Crippen molar-refractivity contribution in [3.05, 3.63) is 53.6 Å². The molecule has 2 rings (SSSR count). The highest BCUT2D eigenvalue weighted by atomic mass is 35.5. The first-order valence-corrected chi connectivity index (χ1v) is 9.91. The number of nitrogens with two attached hydrogens (primary N) is 1. The molecular weight excluding hydrogens is 398 g/mol. The molecular formula is C20H26ClN3O3S. The smallest absolute Gasteiger partial charge is 0.333 e. The second-order valence-electron chi connectivity index (χ2n) is 5.66. The van der Waals surface area contributed by atoms with Crippen molar-refractivity contribution in [3.8, 4) is 5.75 Å². The van der Waals surface area contributed by atoms with E-state index in [1.807, 2.05) is 31.4 Å². The molecule has 0 aliphatic carbocycles. The highest BCUT2D eigenvalue weighted by Gasteiger charge is 2.23. The lowest BCUT2D eigenvalue weighted by Crippen LogP contribution is -2.23. The molecule has 28 heavy (non-hydrogen) atoms. The van der Waals surface area contributed by atoms with Crippen molar-refractivity contribution in [1.29, 1.82) is 5.41 Å². The number of thioether (sulfide) groups is 1. The molecule has 1 unspecified atom stereocenters. The van der Waals surface area contributed by atoms with Gasteiger partial charge in [-0.2, -0.15) is 0 Å². The summed E-state index contributed by atoms with van der Waals surface area (Å²) < 4.78 is 10.9. The number of ether oxygens (including phenoxy) is 2. The minimum Gasteiger partial charge on any atom is -0.493 e. The molecule has 8 heteroatoms. The van der Waals surface area contributed by atoms with Gasteiger partial charge in [-0.1, -0.05) is 6.07 Å². The Morgan fingerprint density at radius 1 is 1.18 bits per heavy atom. The van der Waals surface area contributed by atoms with E-state index >= 15 is 0 Å². The predicted molar refractivity (Wildman–Crippen MR) is 117 cm³/mol. The van der Waals surface area contributed by atoms with Crippen LogP contribution >= 0.6 is 24.2 Å². The molecule has 0 bridgehead atoms. The summed E-state index contributed by atoms with van der Waals surface area (Å²) in [6.07, 6.45) is 1.97. The summed E-state index contributed by atoms with van der Waals surface area (Å²) in [6.45, 7) is 4.59. The first kappa shape index (κ1) is 23.7. The Morgan fingerprint density at radius 3 is 2.39 bits per heavy atom. The van der Waals surface area contributed by atoms with Crippen molar-refractivity contribution in [2.75, 3.05) is 24.8 Å². The van der Waals surface area contributed by atoms with Crippen molar-refractivity contribution in [3.63, 3.8) is 0 Å². The van der Waals surface area contributed by atoms with E-state index in [0.717, 1.165) is 21.9 Å². The molecule has 1 atom stereocenters. The summed E-state index contributed by atoms with van der Waals surface area (Å²) in [4.78, 5) is 13.5. The van der Waals surface area contributed by atoms with Gasteiger partial charge in [0.2, 0.25) is 0 Å². The van der Waals surface area contributed by atoms with Gasteiger partial charge in [0, 0.05) is 16.1 Å². The van der Waals surface area contributed by atoms with Crippen LogP contribution in [0, 0.1) is 5.41 Å². The lowest BCUT2D eigenvalue weighted by molar-refractivity contribution is -0.144. The molecule has 0 saturated heterocycles. The summed E-state index contributed by atoms with van der Waals surface area (Å²) in [5.74, 6) is 0.436. The summed E-state index contributed by atoms with van der Waals surface area (Å²) in [6, 6.07) is 12.1. The topological polar surface area (TPSA) is 97.4 Å². The Balaban J connectivity index is 0.00000392. The number of esters is 1. The summed E-state index contributed by atoms with van der Waals surface area (Å²) in [5, 5.41) is 10.7. The number of anilines is 1. The summed E-state index contributed by atoms with van der Waals surface area (Å²) in [7, 11) is 0. The molecule has 4 N–H and O–H groups in total. The number of rotatable bonds is 9. The van der Waals surface area contributed by atoms with Gasteiger partial charge in [0.25, 0.3) is 0 Å². The monoisotopic (exact) mass is 423 g/mol. The van der Waals surface area contributed by atoms with E-state index in [1.165, 1.54) is 0 Å². The predicted octanol–water partition coefficient (Wildman–Crippen LogP) is 4.23. The van der Waals surface area contributed by atoms with Gasteiger partial charge in [-0.25, -0.2) is 4.79 Å². The number of nitrogens with one attached hydrogen (secondary N) is 2. The highest BCUT2D eigenvalue weighted by molar-refractivity contribution is 7.98. The van der Waals surface area contributed by atoms with Crippen LogP contribution in [0.25, 0.3) is 0 Å². The average Bonchev–Trinajstić information content (AvgIpc) is 2.67. The fourth-order valence-corrected chi connectivity index (χ4v) is 3.14. The quantitative estimate of drug-likeness (QED) is 0.241. The third-order valence-corrected chi connectivity index (χ3v) is 4.61. The molecule has 0 aromatic heterocycles. The molecule has 0 heterocycles. The minimum atomic E-state index is -0.658. The standard InChI is InChI=1S/C20H25N3O3S.ClH/c1-4-25-16-11-8-14(12-17(16)27-3)18(20(24)26-5-2)23-15-9-6-13(7-10-15)19(21)22;/h6-12,18,23H,4-5H2,1-3H3,(H3,21,22);1H. The normalized spacial score (nSPS) is 11.1. The maximum Gasteiger partial charge on any atom is 0.333 e. The van der Waals surface area contributed by atoms with Crippen LogP contribution in [0.1, 0.15) is 31.0 Å². The van der Waals surface area contributed by atoms with Gasteiger partial charge in [0.05, 0.1) is 13.2 Å². The number of hydrogen-bond donors (Lipinski definition) is 3. The lowest BCUT2D eigenvalue weighted by atomic mass is 10.1. The average molecular weight is 424 g/mol. The molecule has 0 spiro atoms. The van der Waals surface area contributed by atoms with Crippen LogP contribution in [-0.4, -0.2) is 31.3 Å². The molecule has 0 saturated carbocycles. The Kier molecular flexibility index (Phi) is 9.68. The highest BCUT2D eigenvalue weighted by Crippen LogP contribution is 2.32. The second-order valence-corrected chi connectivity index (χ2v) is 6.51. The number of amidine groups is 1. The van der Waals surface area contributed by atoms with E-state index in [1.54, 1.807) is 43.0 Å². The largest absolute Gasteiger partial charge is 0.493 e. The zero-order chi connectivity index (χ0) is 19.8. The fourth-order valence-electron chi connectivity index (χ4n) is 2.56. The van der Waals surface area contributed by atoms with Crippen molar-refractivity contribution in [1.82, 2.24) is 0 Å². The number of carbonyl (C=O) groups excluding carboxylic acids is 1. The Morgan fingerprint density at radius 2 is 1.86 bits per heavy atom. The van der Waals surface area contributed by atoms with Crippen LogP contribution in [0.4, 0.5) is 5.69 Å². The van der Waals surface area contributed by atoms with E-state index in [-0.39, 0.29) is 24.2 Å². The van der Waals surface area contributed by atoms with E-state index < -0.39 is 6.04 Å². The van der Waals surface area contributed by atoms with Crippen LogP contribution in [0.3, 0.4) is 0 Å². The fraction of sp³-hybridized carbons (Fsp3) is 0.300. The Hall–Kier alpha value is -2.38. The van der Waals surface area contributed by atoms with Crippen molar-refractivity contribution in [2.45, 2.75) is 24.8 Å². The van der Waals surface area contributed by atoms with E-state index in [2.05, 4.69) is 5.32 Å². The van der Waals surface area contributed by atoms with Crippen LogP contribution in [0.2, 0.25) is 0 Å². The van der Waals surface area contributed by atoms with Crippen LogP contribution in [0.15, 0.2) is 47.4 Å². The third kappa shape index (κ3) is 6.07. The van der Waals surface area contributed by atoms with Gasteiger partial charge in [0.15, 0.2) is 6.04 Å². The zero-order valence-corrected chi connectivity index (χ0v) is 17.8. The van der Waals surface area contributed by atoms with Crippen LogP contribution in [0.5, 0.6) is 5.75 Å². The molecule has 6 nitrogen and oxygen atoms in total. The maximum atomic E-state index is 12.6. The Labute approximate surface area is 176 Å². The number of halogens is 1. The van der Waals surface area contributed by atoms with Gasteiger partial charge in [0.1, 0.15) is 11.6 Å². The van der Waals surface area contributed by atoms with Gasteiger partial charge >= 0.3 is 5.97 Å². The summed E-state index contributed by atoms with van der Waals surface area (Å²) >= 11 is 1.56. The number of nitrogen functional groups attached to an aromatic ring is 1. The molecule has 152 valence electrons. The summed E-state index contributed by atoms with van der Waals surface area (Å²) in [5.41, 5.74) is 7.64. The molecule has 2 aromatic rings. The van der Waals surface area contributed by atoms with Gasteiger partial charge in [-0.3, -0.25) is 5.41 Å². The zero-order valence-electron chi connectivity index (χ0n) is 16.2. The molecule has 0 aliphatic heterocycles. The van der Waals surface area contributed by atoms with Gasteiger partial charge in [-0.15, -0.1) is 24.2 Å². The first-order valence-electron chi connectivity index (χ1n) is 8.68. The van der Waals surface area contributed by atoms with Crippen LogP contribution in [-0.2, 0) is 9.53 Å². The molecule has 0 amide bonds. The van der Waals surface area contributed by atoms with E-state index in [4.69, 9.17) is 20.6 Å². The van der Waals surface area contributed by atoms with Gasteiger partial charge < -0.3 is 20.5 Å². The first-order chi connectivity index (χ1) is 13.0. The molecule has 0 aliphatic rings. The minimum absolute atomic E-state index is 0. The lowest BCUT2D eigenvalue weighted by Gasteiger charge is -2.20. The third-order valence-electron chi connectivity index (χ3n) is 3.85. The van der Waals surface area contributed by atoms with E-state index in [0.29, 0.717) is 18.8 Å². The number of hydrogen-bond acceptors (Lipinski definition) is 6. The second kappa shape index (κ2) is 11.5. The molecule has 0 fully saturated rings. The van der Waals surface area contributed by atoms with Gasteiger partial charge in [-0.05, 0) is 62.1 Å². The van der Waals surface area contributed by atoms with E-state index in [9.17, 15) is 4.79 Å². The molecule has 0 radical (unpaired) electrons.